The van der Waals surface area contributed by atoms with Crippen molar-refractivity contribution in [1.82, 2.24) is 0 Å². The van der Waals surface area contributed by atoms with Crippen molar-refractivity contribution in [3.05, 3.63) is 148 Å². The van der Waals surface area contributed by atoms with Gasteiger partial charge in [-0.3, -0.25) is 0 Å². The van der Waals surface area contributed by atoms with E-state index in [9.17, 15) is 26.3 Å². The molecule has 46 heavy (non-hydrogen) atoms. The van der Waals surface area contributed by atoms with Crippen molar-refractivity contribution in [3.8, 4) is 0 Å². The maximum absolute atomic E-state index is 15.5. The maximum atomic E-state index is 15.5. The molecular formula is C34H22F10I2. The summed E-state index contributed by atoms with van der Waals surface area (Å²) in [4.78, 5) is 0. The zero-order valence-corrected chi connectivity index (χ0v) is 27.9. The van der Waals surface area contributed by atoms with Gasteiger partial charge < -0.3 is 0 Å². The van der Waals surface area contributed by atoms with Crippen LogP contribution in [0.3, 0.4) is 0 Å². The lowest BCUT2D eigenvalue weighted by atomic mass is 9.88. The van der Waals surface area contributed by atoms with Crippen molar-refractivity contribution in [2.75, 3.05) is 0 Å². The molecule has 0 atom stereocenters. The van der Waals surface area contributed by atoms with Crippen molar-refractivity contribution >= 4 is 56.3 Å². The number of aryl methyl sites for hydroxylation is 2. The lowest BCUT2D eigenvalue weighted by molar-refractivity contribution is 0.375. The molecule has 12 heteroatoms. The number of benzene rings is 4. The summed E-state index contributed by atoms with van der Waals surface area (Å²) in [6, 6.07) is 17.8. The average molecular weight is 874 g/mol. The Morgan fingerprint density at radius 1 is 0.391 bits per heavy atom. The first kappa shape index (κ1) is 36.0. The maximum Gasteiger partial charge on any atom is 0.200 e. The van der Waals surface area contributed by atoms with E-state index in [1.807, 2.05) is 0 Å². The molecule has 0 aromatic heterocycles. The van der Waals surface area contributed by atoms with Gasteiger partial charge in [0, 0.05) is 11.1 Å². The third kappa shape index (κ3) is 7.63. The Balaban J connectivity index is 2.00. The van der Waals surface area contributed by atoms with E-state index in [2.05, 4.69) is 0 Å². The summed E-state index contributed by atoms with van der Waals surface area (Å²) in [5.41, 5.74) is -3.14. The predicted molar refractivity (Wildman–Crippen MR) is 173 cm³/mol. The van der Waals surface area contributed by atoms with Crippen molar-refractivity contribution in [2.45, 2.75) is 38.5 Å². The summed E-state index contributed by atoms with van der Waals surface area (Å²) < 4.78 is 148. The fourth-order valence-electron chi connectivity index (χ4n) is 4.88. The van der Waals surface area contributed by atoms with E-state index in [0.717, 1.165) is 11.1 Å². The molecule has 0 aliphatic rings. The molecule has 4 aromatic rings. The van der Waals surface area contributed by atoms with Gasteiger partial charge in [0.25, 0.3) is 0 Å². The first-order valence-corrected chi connectivity index (χ1v) is 15.9. The van der Waals surface area contributed by atoms with Gasteiger partial charge in [0.15, 0.2) is 46.5 Å². The first-order chi connectivity index (χ1) is 21.9. The van der Waals surface area contributed by atoms with Crippen LogP contribution in [0.1, 0.15) is 47.9 Å². The van der Waals surface area contributed by atoms with Crippen molar-refractivity contribution in [3.63, 3.8) is 0 Å². The molecule has 0 heterocycles. The van der Waals surface area contributed by atoms with Crippen LogP contribution in [0, 0.1) is 58.2 Å². The summed E-state index contributed by atoms with van der Waals surface area (Å²) in [5.74, 6) is -23.6. The largest absolute Gasteiger partial charge is 0.203 e. The molecule has 0 aliphatic heterocycles. The van der Waals surface area contributed by atoms with Gasteiger partial charge in [-0.25, -0.2) is 43.9 Å². The molecule has 0 spiro atoms. The average Bonchev–Trinajstić information content (AvgIpc) is 3.06. The van der Waals surface area contributed by atoms with E-state index in [1.54, 1.807) is 106 Å². The minimum atomic E-state index is -2.48. The minimum Gasteiger partial charge on any atom is -0.203 e. The van der Waals surface area contributed by atoms with Crippen molar-refractivity contribution in [2.24, 2.45) is 0 Å². The van der Waals surface area contributed by atoms with Gasteiger partial charge in [0.1, 0.15) is 0 Å². The number of halogens is 12. The SMILES string of the molecule is Fc1c(F)c(F)c(C(=C(/I)CCCc2ccccc2)/C(=C(\I)CCCc2ccccc2)c2c(F)c(F)c(F)c(F)c2F)c(F)c1F. The Morgan fingerprint density at radius 2 is 0.652 bits per heavy atom. The molecule has 242 valence electrons. The van der Waals surface area contributed by atoms with Crippen LogP contribution >= 0.6 is 45.2 Å². The Labute approximate surface area is 285 Å². The summed E-state index contributed by atoms with van der Waals surface area (Å²) in [5, 5.41) is 0. The van der Waals surface area contributed by atoms with Crippen LogP contribution in [0.2, 0.25) is 0 Å². The normalized spacial score (nSPS) is 12.7. The first-order valence-electron chi connectivity index (χ1n) is 13.8. The van der Waals surface area contributed by atoms with E-state index in [4.69, 9.17) is 0 Å². The second-order valence-electron chi connectivity index (χ2n) is 10.1. The van der Waals surface area contributed by atoms with Gasteiger partial charge in [0.2, 0.25) is 11.6 Å². The fraction of sp³-hybridized carbons (Fsp3) is 0.176. The number of rotatable bonds is 11. The molecule has 0 unspecified atom stereocenters. The zero-order chi connectivity index (χ0) is 33.7. The summed E-state index contributed by atoms with van der Waals surface area (Å²) >= 11 is 3.10. The van der Waals surface area contributed by atoms with Crippen molar-refractivity contribution in [1.29, 1.82) is 0 Å². The number of hydrogen-bond acceptors (Lipinski definition) is 0. The van der Waals surface area contributed by atoms with Gasteiger partial charge in [0.05, 0.1) is 11.1 Å². The van der Waals surface area contributed by atoms with E-state index in [0.29, 0.717) is 12.8 Å². The van der Waals surface area contributed by atoms with E-state index in [1.165, 1.54) is 0 Å². The van der Waals surface area contributed by atoms with E-state index in [-0.39, 0.29) is 32.8 Å². The predicted octanol–water partition coefficient (Wildman–Crippen LogP) is 12.1. The van der Waals surface area contributed by atoms with Gasteiger partial charge in [-0.05, 0) is 102 Å². The quantitative estimate of drug-likeness (QED) is 0.0463. The lowest BCUT2D eigenvalue weighted by Crippen LogP contribution is -2.12. The highest BCUT2D eigenvalue weighted by atomic mass is 127. The number of hydrogen-bond donors (Lipinski definition) is 0. The van der Waals surface area contributed by atoms with Crippen molar-refractivity contribution < 1.29 is 43.9 Å². The van der Waals surface area contributed by atoms with Gasteiger partial charge >= 0.3 is 0 Å². The van der Waals surface area contributed by atoms with Crippen LogP contribution < -0.4 is 0 Å². The number of allylic oxidation sites excluding steroid dienone is 4. The Bertz CT molecular complexity index is 1610. The highest BCUT2D eigenvalue weighted by Gasteiger charge is 2.36. The van der Waals surface area contributed by atoms with Crippen LogP contribution in [-0.2, 0) is 12.8 Å². The molecule has 0 N–H and O–H groups in total. The van der Waals surface area contributed by atoms with E-state index >= 15 is 17.6 Å². The molecule has 0 fully saturated rings. The van der Waals surface area contributed by atoms with Crippen LogP contribution in [-0.4, -0.2) is 0 Å². The molecule has 0 bridgehead atoms. The third-order valence-electron chi connectivity index (χ3n) is 7.12. The van der Waals surface area contributed by atoms with Crippen LogP contribution in [0.25, 0.3) is 11.1 Å². The second-order valence-corrected chi connectivity index (χ2v) is 12.7. The molecule has 0 saturated heterocycles. The smallest absolute Gasteiger partial charge is 0.200 e. The molecule has 4 rings (SSSR count). The lowest BCUT2D eigenvalue weighted by Gasteiger charge is -2.22. The zero-order valence-electron chi connectivity index (χ0n) is 23.6. The Hall–Kier alpha value is -2.88. The summed E-state index contributed by atoms with van der Waals surface area (Å²) in [6.45, 7) is 0. The van der Waals surface area contributed by atoms with Crippen LogP contribution in [0.15, 0.2) is 67.8 Å². The Kier molecular flexibility index (Phi) is 12.4. The highest BCUT2D eigenvalue weighted by molar-refractivity contribution is 14.1. The van der Waals surface area contributed by atoms with Crippen LogP contribution in [0.5, 0.6) is 0 Å². The summed E-state index contributed by atoms with van der Waals surface area (Å²) in [6.07, 6.45) is 1.00. The summed E-state index contributed by atoms with van der Waals surface area (Å²) in [7, 11) is 0. The molecule has 0 radical (unpaired) electrons. The molecular weight excluding hydrogens is 852 g/mol. The third-order valence-corrected chi connectivity index (χ3v) is 9.28. The van der Waals surface area contributed by atoms with Gasteiger partial charge in [-0.15, -0.1) is 0 Å². The second kappa shape index (κ2) is 15.8. The topological polar surface area (TPSA) is 0 Å². The van der Waals surface area contributed by atoms with Crippen LogP contribution in [0.4, 0.5) is 43.9 Å². The fourth-order valence-corrected chi connectivity index (χ4v) is 6.72. The Morgan fingerprint density at radius 3 is 0.935 bits per heavy atom. The molecule has 0 amide bonds. The molecule has 4 aromatic carbocycles. The van der Waals surface area contributed by atoms with Gasteiger partial charge in [-0.1, -0.05) is 60.7 Å². The molecule has 0 saturated carbocycles. The van der Waals surface area contributed by atoms with E-state index < -0.39 is 80.4 Å². The standard InChI is InChI=1S/C34H22F10I2/c35-25-23(26(36)30(40)33(43)29(25)39)21(19(45)15-7-13-17-9-3-1-4-10-17)22(20(46)16-8-14-18-11-5-2-6-12-18)24-27(37)31(41)34(44)32(42)28(24)38/h1-6,9-12H,7-8,13-16H2/b21-19+,22-20+. The molecule has 0 aliphatic carbocycles. The van der Waals surface area contributed by atoms with Gasteiger partial charge in [-0.2, -0.15) is 0 Å². The highest BCUT2D eigenvalue weighted by Crippen LogP contribution is 2.47. The molecule has 0 nitrogen and oxygen atoms in total. The minimum absolute atomic E-state index is 0.114. The monoisotopic (exact) mass is 874 g/mol.